The lowest BCUT2D eigenvalue weighted by molar-refractivity contribution is -0.287. The van der Waals surface area contributed by atoms with Gasteiger partial charge in [-0.3, -0.25) is 19.2 Å². The zero-order valence-corrected chi connectivity index (χ0v) is 19.5. The van der Waals surface area contributed by atoms with E-state index in [0.717, 1.165) is 0 Å². The molecule has 4 rings (SSSR count). The van der Waals surface area contributed by atoms with Crippen molar-refractivity contribution in [3.05, 3.63) is 37.9 Å². The fourth-order valence-corrected chi connectivity index (χ4v) is 5.56. The summed E-state index contributed by atoms with van der Waals surface area (Å²) in [5, 5.41) is 0. The Kier molecular flexibility index (Phi) is 6.82. The van der Waals surface area contributed by atoms with Crippen LogP contribution in [0.2, 0.25) is 0 Å². The molecule has 2 aliphatic carbocycles. The second-order valence-electron chi connectivity index (χ2n) is 9.81. The lowest BCUT2D eigenvalue weighted by atomic mass is 9.85. The van der Waals surface area contributed by atoms with Gasteiger partial charge in [0.1, 0.15) is 5.56 Å². The standard InChI is InChI=1S/C22H27F7N4O3/c1-9-16-14(19(34)31-20(35)33(16)11-3-4-11)18(36-2)15(23)17(9)32-6-5-10(8-32)12(30)7-13(21(24,25)26)22(27,28)29/h9-13,17H,3-8,30H2,1-2H3,(H,31,34,35). The number of hydrogen-bond acceptors (Lipinski definition) is 5. The number of fused-ring (bicyclic) bond motifs is 1. The quantitative estimate of drug-likeness (QED) is 0.552. The van der Waals surface area contributed by atoms with Gasteiger partial charge in [0, 0.05) is 30.2 Å². The first-order chi connectivity index (χ1) is 16.7. The molecule has 4 atom stereocenters. The summed E-state index contributed by atoms with van der Waals surface area (Å²) in [5.41, 5.74) is 4.62. The normalized spacial score (nSPS) is 26.5. The van der Waals surface area contributed by atoms with Crippen LogP contribution in [0.1, 0.15) is 55.8 Å². The predicted octanol–water partition coefficient (Wildman–Crippen LogP) is 3.42. The fraction of sp³-hybridized carbons (Fsp3) is 0.727. The Labute approximate surface area is 201 Å². The van der Waals surface area contributed by atoms with Crippen molar-refractivity contribution in [2.75, 3.05) is 20.2 Å². The van der Waals surface area contributed by atoms with Crippen LogP contribution in [0.4, 0.5) is 30.7 Å². The Morgan fingerprint density at radius 2 is 1.72 bits per heavy atom. The van der Waals surface area contributed by atoms with Gasteiger partial charge in [0.2, 0.25) is 0 Å². The van der Waals surface area contributed by atoms with Gasteiger partial charge in [-0.15, -0.1) is 0 Å². The summed E-state index contributed by atoms with van der Waals surface area (Å²) in [7, 11) is 1.18. The summed E-state index contributed by atoms with van der Waals surface area (Å²) < 4.78 is 100. The van der Waals surface area contributed by atoms with Gasteiger partial charge >= 0.3 is 18.0 Å². The van der Waals surface area contributed by atoms with E-state index in [1.165, 1.54) is 11.7 Å². The summed E-state index contributed by atoms with van der Waals surface area (Å²) in [4.78, 5) is 29.0. The van der Waals surface area contributed by atoms with Crippen LogP contribution in [-0.2, 0) is 4.74 Å². The van der Waals surface area contributed by atoms with E-state index in [4.69, 9.17) is 10.5 Å². The molecule has 0 radical (unpaired) electrons. The number of halogens is 7. The molecule has 202 valence electrons. The zero-order valence-electron chi connectivity index (χ0n) is 19.5. The molecule has 14 heteroatoms. The highest BCUT2D eigenvalue weighted by Crippen LogP contribution is 2.46. The van der Waals surface area contributed by atoms with Crippen molar-refractivity contribution >= 4 is 5.76 Å². The number of rotatable bonds is 6. The summed E-state index contributed by atoms with van der Waals surface area (Å²) in [6, 6.07) is -2.61. The van der Waals surface area contributed by atoms with Gasteiger partial charge in [-0.05, 0) is 38.1 Å². The second kappa shape index (κ2) is 9.19. The molecule has 7 nitrogen and oxygen atoms in total. The van der Waals surface area contributed by atoms with Gasteiger partial charge in [-0.25, -0.2) is 9.18 Å². The van der Waals surface area contributed by atoms with E-state index in [0.29, 0.717) is 18.5 Å². The Hall–Kier alpha value is -2.35. The van der Waals surface area contributed by atoms with Crippen molar-refractivity contribution in [1.82, 2.24) is 14.5 Å². The maximum atomic E-state index is 15.7. The average Bonchev–Trinajstić information content (AvgIpc) is 3.47. The molecule has 1 aromatic heterocycles. The number of nitrogens with two attached hydrogens (primary N) is 1. The molecule has 36 heavy (non-hydrogen) atoms. The molecule has 0 spiro atoms. The smallest absolute Gasteiger partial charge is 0.400 e. The van der Waals surface area contributed by atoms with Gasteiger partial charge in [-0.2, -0.15) is 26.3 Å². The molecule has 2 fully saturated rings. The molecule has 0 amide bonds. The highest BCUT2D eigenvalue weighted by atomic mass is 19.4. The maximum Gasteiger partial charge on any atom is 0.400 e. The van der Waals surface area contributed by atoms with Crippen molar-refractivity contribution in [1.29, 1.82) is 0 Å². The number of methoxy groups -OCH3 is 1. The van der Waals surface area contributed by atoms with E-state index in [1.807, 2.05) is 0 Å². The van der Waals surface area contributed by atoms with Crippen molar-refractivity contribution in [3.8, 4) is 0 Å². The highest BCUT2D eigenvalue weighted by Gasteiger charge is 2.57. The number of nitrogens with one attached hydrogen (secondary N) is 1. The number of hydrogen-bond donors (Lipinski definition) is 2. The summed E-state index contributed by atoms with van der Waals surface area (Å²) in [5.74, 6) is -6.14. The first kappa shape index (κ1) is 26.7. The molecule has 3 N–H and O–H groups in total. The van der Waals surface area contributed by atoms with E-state index in [-0.39, 0.29) is 36.9 Å². The summed E-state index contributed by atoms with van der Waals surface area (Å²) in [6.45, 7) is 1.74. The molecular weight excluding hydrogens is 501 g/mol. The van der Waals surface area contributed by atoms with E-state index in [9.17, 15) is 35.9 Å². The Balaban J connectivity index is 1.63. The molecule has 1 aromatic rings. The molecule has 1 aliphatic heterocycles. The van der Waals surface area contributed by atoms with Crippen molar-refractivity contribution in [2.24, 2.45) is 17.6 Å². The van der Waals surface area contributed by atoms with E-state index < -0.39 is 65.7 Å². The number of H-pyrrole nitrogens is 1. The number of nitrogens with zero attached hydrogens (tertiary/aromatic N) is 2. The Bertz CT molecular complexity index is 1140. The van der Waals surface area contributed by atoms with E-state index >= 15 is 4.39 Å². The molecule has 3 aliphatic rings. The maximum absolute atomic E-state index is 15.7. The van der Waals surface area contributed by atoms with Crippen LogP contribution in [-0.4, -0.2) is 59.1 Å². The number of aromatic nitrogens is 2. The first-order valence-corrected chi connectivity index (χ1v) is 11.6. The van der Waals surface area contributed by atoms with Gasteiger partial charge in [0.15, 0.2) is 17.5 Å². The summed E-state index contributed by atoms with van der Waals surface area (Å²) >= 11 is 0. The third-order valence-corrected chi connectivity index (χ3v) is 7.46. The SMILES string of the molecule is COC1=C(F)C(N2CCC(C(N)CC(C(F)(F)F)C(F)(F)F)C2)C(C)c2c1c(=O)[nH]c(=O)n2C1CC1. The van der Waals surface area contributed by atoms with Crippen LogP contribution in [0.15, 0.2) is 15.4 Å². The number of alkyl halides is 6. The zero-order chi connectivity index (χ0) is 26.7. The van der Waals surface area contributed by atoms with Crippen LogP contribution in [0.5, 0.6) is 0 Å². The summed E-state index contributed by atoms with van der Waals surface area (Å²) in [6.07, 6.45) is -10.7. The van der Waals surface area contributed by atoms with Crippen LogP contribution in [0.25, 0.3) is 5.76 Å². The van der Waals surface area contributed by atoms with Crippen LogP contribution >= 0.6 is 0 Å². The molecule has 4 unspecified atom stereocenters. The molecular formula is C22H27F7N4O3. The molecule has 1 saturated heterocycles. The van der Waals surface area contributed by atoms with Crippen LogP contribution in [0, 0.1) is 11.8 Å². The molecule has 0 aromatic carbocycles. The van der Waals surface area contributed by atoms with Gasteiger partial charge in [-0.1, -0.05) is 6.92 Å². The minimum absolute atomic E-state index is 0.0464. The van der Waals surface area contributed by atoms with Crippen LogP contribution < -0.4 is 17.0 Å². The molecule has 1 saturated carbocycles. The lowest BCUT2D eigenvalue weighted by Crippen LogP contribution is -2.47. The largest absolute Gasteiger partial charge is 0.493 e. The highest BCUT2D eigenvalue weighted by molar-refractivity contribution is 5.67. The Morgan fingerprint density at radius 1 is 1.11 bits per heavy atom. The molecule has 2 heterocycles. The third kappa shape index (κ3) is 4.69. The van der Waals surface area contributed by atoms with Gasteiger partial charge in [0.05, 0.1) is 13.2 Å². The monoisotopic (exact) mass is 528 g/mol. The third-order valence-electron chi connectivity index (χ3n) is 7.46. The minimum atomic E-state index is -5.49. The second-order valence-corrected chi connectivity index (χ2v) is 9.81. The van der Waals surface area contributed by atoms with E-state index in [1.54, 1.807) is 11.8 Å². The first-order valence-electron chi connectivity index (χ1n) is 11.6. The van der Waals surface area contributed by atoms with Gasteiger partial charge < -0.3 is 10.5 Å². The Morgan fingerprint density at radius 3 is 2.25 bits per heavy atom. The fourth-order valence-electron chi connectivity index (χ4n) is 5.56. The average molecular weight is 528 g/mol. The lowest BCUT2D eigenvalue weighted by Gasteiger charge is -2.38. The van der Waals surface area contributed by atoms with Gasteiger partial charge in [0.25, 0.3) is 5.56 Å². The number of likely N-dealkylation sites (tertiary alicyclic amines) is 1. The van der Waals surface area contributed by atoms with Crippen molar-refractivity contribution in [3.63, 3.8) is 0 Å². The van der Waals surface area contributed by atoms with Crippen molar-refractivity contribution in [2.45, 2.75) is 69.0 Å². The van der Waals surface area contributed by atoms with E-state index in [2.05, 4.69) is 4.98 Å². The predicted molar refractivity (Wildman–Crippen MR) is 115 cm³/mol. The topological polar surface area (TPSA) is 93.3 Å². The molecule has 0 bridgehead atoms. The minimum Gasteiger partial charge on any atom is -0.493 e. The number of aromatic amines is 1. The van der Waals surface area contributed by atoms with Crippen LogP contribution in [0.3, 0.4) is 0 Å². The number of ether oxygens (including phenoxy) is 1. The van der Waals surface area contributed by atoms with Crippen molar-refractivity contribution < 1.29 is 35.5 Å².